The summed E-state index contributed by atoms with van der Waals surface area (Å²) in [5.41, 5.74) is 1.87. The molecule has 82 valence electrons. The molecule has 0 spiro atoms. The minimum absolute atomic E-state index is 0.0206. The van der Waals surface area contributed by atoms with Crippen LogP contribution in [0.2, 0.25) is 0 Å². The van der Waals surface area contributed by atoms with Gasteiger partial charge in [-0.05, 0) is 17.2 Å². The van der Waals surface area contributed by atoms with E-state index in [-0.39, 0.29) is 6.42 Å². The maximum atomic E-state index is 10.3. The molecule has 16 heavy (non-hydrogen) atoms. The summed E-state index contributed by atoms with van der Waals surface area (Å²) in [5.74, 6) is -0.846. The van der Waals surface area contributed by atoms with Gasteiger partial charge in [0.1, 0.15) is 6.29 Å². The van der Waals surface area contributed by atoms with Gasteiger partial charge in [-0.15, -0.1) is 0 Å². The standard InChI is InChI=1S/C13H12O3/c14-10-2-4-12-8-6-11(7-9-12)3-1-5-13(15)16/h1-4,6-10H,5H2,(H,15,16)/b3-1?,4-2+. The maximum absolute atomic E-state index is 10.3. The van der Waals surface area contributed by atoms with E-state index in [0.29, 0.717) is 0 Å². The zero-order valence-corrected chi connectivity index (χ0v) is 8.67. The lowest BCUT2D eigenvalue weighted by molar-refractivity contribution is -0.136. The van der Waals surface area contributed by atoms with Crippen molar-refractivity contribution < 1.29 is 14.7 Å². The highest BCUT2D eigenvalue weighted by molar-refractivity contribution is 5.74. The molecule has 1 rings (SSSR count). The summed E-state index contributed by atoms with van der Waals surface area (Å²) in [4.78, 5) is 20.4. The zero-order chi connectivity index (χ0) is 11.8. The van der Waals surface area contributed by atoms with E-state index in [4.69, 9.17) is 5.11 Å². The number of allylic oxidation sites excluding steroid dienone is 1. The Morgan fingerprint density at radius 1 is 1.12 bits per heavy atom. The predicted molar refractivity (Wildman–Crippen MR) is 62.8 cm³/mol. The number of hydrogen-bond donors (Lipinski definition) is 1. The number of carboxylic acid groups (broad SMARTS) is 1. The van der Waals surface area contributed by atoms with Gasteiger partial charge in [-0.3, -0.25) is 9.59 Å². The molecule has 0 amide bonds. The van der Waals surface area contributed by atoms with Gasteiger partial charge in [0.15, 0.2) is 0 Å². The highest BCUT2D eigenvalue weighted by Crippen LogP contribution is 2.07. The Hall–Kier alpha value is -2.16. The van der Waals surface area contributed by atoms with Crippen LogP contribution in [-0.4, -0.2) is 17.4 Å². The molecule has 1 aromatic carbocycles. The van der Waals surface area contributed by atoms with Crippen LogP contribution in [0.4, 0.5) is 0 Å². The second-order valence-electron chi connectivity index (χ2n) is 3.16. The van der Waals surface area contributed by atoms with Gasteiger partial charge < -0.3 is 5.11 Å². The number of rotatable bonds is 5. The van der Waals surface area contributed by atoms with E-state index in [1.807, 2.05) is 24.3 Å². The number of hydrogen-bond acceptors (Lipinski definition) is 2. The number of carbonyl (C=O) groups is 2. The fourth-order valence-corrected chi connectivity index (χ4v) is 1.16. The predicted octanol–water partition coefficient (Wildman–Crippen LogP) is 2.39. The van der Waals surface area contributed by atoms with Crippen molar-refractivity contribution in [2.75, 3.05) is 0 Å². The van der Waals surface area contributed by atoms with Gasteiger partial charge >= 0.3 is 5.97 Å². The maximum Gasteiger partial charge on any atom is 0.307 e. The molecule has 0 unspecified atom stereocenters. The first-order valence-electron chi connectivity index (χ1n) is 4.82. The van der Waals surface area contributed by atoms with Crippen LogP contribution >= 0.6 is 0 Å². The van der Waals surface area contributed by atoms with Crippen LogP contribution in [-0.2, 0) is 9.59 Å². The van der Waals surface area contributed by atoms with E-state index in [2.05, 4.69) is 0 Å². The average Bonchev–Trinajstić information content (AvgIpc) is 2.27. The van der Waals surface area contributed by atoms with E-state index in [1.54, 1.807) is 18.2 Å². The molecular weight excluding hydrogens is 204 g/mol. The number of carboxylic acids is 1. The van der Waals surface area contributed by atoms with Crippen molar-refractivity contribution in [3.8, 4) is 0 Å². The minimum Gasteiger partial charge on any atom is -0.481 e. The van der Waals surface area contributed by atoms with Crippen molar-refractivity contribution in [1.82, 2.24) is 0 Å². The van der Waals surface area contributed by atoms with E-state index < -0.39 is 5.97 Å². The third-order valence-electron chi connectivity index (χ3n) is 1.91. The van der Waals surface area contributed by atoms with Gasteiger partial charge in [0.05, 0.1) is 6.42 Å². The molecule has 1 aromatic rings. The smallest absolute Gasteiger partial charge is 0.307 e. The first kappa shape index (κ1) is 11.9. The van der Waals surface area contributed by atoms with Crippen molar-refractivity contribution in [2.45, 2.75) is 6.42 Å². The SMILES string of the molecule is O=C/C=C/c1ccc(C=CCC(=O)O)cc1. The quantitative estimate of drug-likeness (QED) is 0.607. The van der Waals surface area contributed by atoms with Crippen LogP contribution in [0.3, 0.4) is 0 Å². The lowest BCUT2D eigenvalue weighted by Gasteiger charge is -1.95. The Kier molecular flexibility index (Phi) is 4.73. The zero-order valence-electron chi connectivity index (χ0n) is 8.67. The normalized spacial score (nSPS) is 11.0. The lowest BCUT2D eigenvalue weighted by atomic mass is 10.1. The summed E-state index contributed by atoms with van der Waals surface area (Å²) in [5, 5.41) is 8.44. The van der Waals surface area contributed by atoms with E-state index in [1.165, 1.54) is 6.08 Å². The first-order chi connectivity index (χ1) is 7.72. The van der Waals surface area contributed by atoms with Crippen LogP contribution in [0.25, 0.3) is 12.2 Å². The second-order valence-corrected chi connectivity index (χ2v) is 3.16. The van der Waals surface area contributed by atoms with Crippen LogP contribution in [0.1, 0.15) is 17.5 Å². The molecule has 3 heteroatoms. The number of carbonyl (C=O) groups excluding carboxylic acids is 1. The van der Waals surface area contributed by atoms with Crippen LogP contribution < -0.4 is 0 Å². The Bertz CT molecular complexity index is 413. The summed E-state index contributed by atoms with van der Waals surface area (Å²) < 4.78 is 0. The molecule has 0 atom stereocenters. The summed E-state index contributed by atoms with van der Waals surface area (Å²) in [6.07, 6.45) is 7.22. The molecule has 0 aliphatic rings. The molecule has 0 saturated heterocycles. The van der Waals surface area contributed by atoms with Gasteiger partial charge in [-0.1, -0.05) is 42.5 Å². The summed E-state index contributed by atoms with van der Waals surface area (Å²) >= 11 is 0. The van der Waals surface area contributed by atoms with Gasteiger partial charge in [-0.2, -0.15) is 0 Å². The molecule has 0 heterocycles. The number of aliphatic carboxylic acids is 1. The molecular formula is C13H12O3. The van der Waals surface area contributed by atoms with Crippen molar-refractivity contribution in [2.24, 2.45) is 0 Å². The van der Waals surface area contributed by atoms with Gasteiger partial charge in [-0.25, -0.2) is 0 Å². The third kappa shape index (κ3) is 4.37. The van der Waals surface area contributed by atoms with E-state index in [9.17, 15) is 9.59 Å². The molecule has 0 radical (unpaired) electrons. The third-order valence-corrected chi connectivity index (χ3v) is 1.91. The van der Waals surface area contributed by atoms with Crippen molar-refractivity contribution >= 4 is 24.4 Å². The topological polar surface area (TPSA) is 54.4 Å². The van der Waals surface area contributed by atoms with Crippen molar-refractivity contribution in [3.05, 3.63) is 47.5 Å². The molecule has 0 aliphatic heterocycles. The number of benzene rings is 1. The summed E-state index contributed by atoms with van der Waals surface area (Å²) in [6.45, 7) is 0. The van der Waals surface area contributed by atoms with Crippen molar-refractivity contribution in [1.29, 1.82) is 0 Å². The van der Waals surface area contributed by atoms with Crippen LogP contribution in [0.15, 0.2) is 36.4 Å². The minimum atomic E-state index is -0.846. The molecule has 3 nitrogen and oxygen atoms in total. The summed E-state index contributed by atoms with van der Waals surface area (Å²) in [7, 11) is 0. The Labute approximate surface area is 93.7 Å². The highest BCUT2D eigenvalue weighted by Gasteiger charge is 1.91. The molecule has 0 fully saturated rings. The Balaban J connectivity index is 2.64. The monoisotopic (exact) mass is 216 g/mol. The fourth-order valence-electron chi connectivity index (χ4n) is 1.16. The molecule has 0 aliphatic carbocycles. The molecule has 0 bridgehead atoms. The average molecular weight is 216 g/mol. The fraction of sp³-hybridized carbons (Fsp3) is 0.0769. The largest absolute Gasteiger partial charge is 0.481 e. The molecule has 0 saturated carbocycles. The lowest BCUT2D eigenvalue weighted by Crippen LogP contribution is -1.89. The Morgan fingerprint density at radius 3 is 2.19 bits per heavy atom. The molecule has 0 aromatic heterocycles. The summed E-state index contributed by atoms with van der Waals surface area (Å²) in [6, 6.07) is 7.45. The van der Waals surface area contributed by atoms with E-state index >= 15 is 0 Å². The second kappa shape index (κ2) is 6.35. The van der Waals surface area contributed by atoms with Gasteiger partial charge in [0, 0.05) is 0 Å². The first-order valence-corrected chi connectivity index (χ1v) is 4.82. The molecule has 1 N–H and O–H groups in total. The van der Waals surface area contributed by atoms with Crippen LogP contribution in [0.5, 0.6) is 0 Å². The number of aldehydes is 1. The Morgan fingerprint density at radius 2 is 1.69 bits per heavy atom. The van der Waals surface area contributed by atoms with Gasteiger partial charge in [0.2, 0.25) is 0 Å². The highest BCUT2D eigenvalue weighted by atomic mass is 16.4. The van der Waals surface area contributed by atoms with E-state index in [0.717, 1.165) is 17.4 Å². The van der Waals surface area contributed by atoms with Crippen molar-refractivity contribution in [3.63, 3.8) is 0 Å². The van der Waals surface area contributed by atoms with Crippen LogP contribution in [0, 0.1) is 0 Å². The van der Waals surface area contributed by atoms with Gasteiger partial charge in [0.25, 0.3) is 0 Å².